The van der Waals surface area contributed by atoms with E-state index in [1.165, 1.54) is 0 Å². The maximum atomic E-state index is 11.0. The Morgan fingerprint density at radius 1 is 1.62 bits per heavy atom. The van der Waals surface area contributed by atoms with Crippen LogP contribution in [-0.2, 0) is 4.79 Å². The SMILES string of the molecule is CCN(C[C@H]1CCC(=O)N1)C(C)C. The van der Waals surface area contributed by atoms with Crippen LogP contribution in [0.2, 0.25) is 0 Å². The third kappa shape index (κ3) is 2.99. The van der Waals surface area contributed by atoms with Crippen LogP contribution in [-0.4, -0.2) is 36.0 Å². The smallest absolute Gasteiger partial charge is 0.220 e. The summed E-state index contributed by atoms with van der Waals surface area (Å²) in [5, 5.41) is 2.99. The zero-order chi connectivity index (χ0) is 9.84. The molecule has 1 saturated heterocycles. The number of amides is 1. The van der Waals surface area contributed by atoms with Gasteiger partial charge in [0, 0.05) is 25.0 Å². The summed E-state index contributed by atoms with van der Waals surface area (Å²) in [5.41, 5.74) is 0. The lowest BCUT2D eigenvalue weighted by molar-refractivity contribution is -0.119. The minimum atomic E-state index is 0.213. The largest absolute Gasteiger partial charge is 0.352 e. The number of carbonyl (C=O) groups excluding carboxylic acids is 1. The molecule has 0 aromatic rings. The van der Waals surface area contributed by atoms with Crippen LogP contribution < -0.4 is 5.32 Å². The van der Waals surface area contributed by atoms with Crippen molar-refractivity contribution in [1.29, 1.82) is 0 Å². The average molecular weight is 184 g/mol. The molecule has 0 spiro atoms. The first kappa shape index (κ1) is 10.5. The molecule has 0 saturated carbocycles. The fourth-order valence-corrected chi connectivity index (χ4v) is 1.80. The minimum Gasteiger partial charge on any atom is -0.352 e. The van der Waals surface area contributed by atoms with Gasteiger partial charge in [0.15, 0.2) is 0 Å². The van der Waals surface area contributed by atoms with E-state index in [2.05, 4.69) is 31.0 Å². The van der Waals surface area contributed by atoms with Crippen molar-refractivity contribution in [2.75, 3.05) is 13.1 Å². The number of carbonyl (C=O) groups is 1. The van der Waals surface area contributed by atoms with Gasteiger partial charge in [0.2, 0.25) is 5.91 Å². The average Bonchev–Trinajstić information content (AvgIpc) is 2.46. The van der Waals surface area contributed by atoms with Crippen molar-refractivity contribution >= 4 is 5.91 Å². The molecule has 1 heterocycles. The Morgan fingerprint density at radius 2 is 2.31 bits per heavy atom. The molecular weight excluding hydrogens is 164 g/mol. The first-order valence-corrected chi connectivity index (χ1v) is 5.17. The van der Waals surface area contributed by atoms with Crippen LogP contribution in [0.15, 0.2) is 0 Å². The van der Waals surface area contributed by atoms with Crippen LogP contribution in [0.3, 0.4) is 0 Å². The number of likely N-dealkylation sites (N-methyl/N-ethyl adjacent to an activating group) is 1. The molecule has 1 rings (SSSR count). The van der Waals surface area contributed by atoms with Crippen LogP contribution in [0.5, 0.6) is 0 Å². The van der Waals surface area contributed by atoms with Gasteiger partial charge in [0.1, 0.15) is 0 Å². The summed E-state index contributed by atoms with van der Waals surface area (Å²) in [5.74, 6) is 0.213. The summed E-state index contributed by atoms with van der Waals surface area (Å²) >= 11 is 0. The van der Waals surface area contributed by atoms with Gasteiger partial charge < -0.3 is 5.32 Å². The summed E-state index contributed by atoms with van der Waals surface area (Å²) in [4.78, 5) is 13.3. The monoisotopic (exact) mass is 184 g/mol. The van der Waals surface area contributed by atoms with Crippen molar-refractivity contribution in [2.24, 2.45) is 0 Å². The van der Waals surface area contributed by atoms with E-state index in [1.54, 1.807) is 0 Å². The molecule has 0 aromatic carbocycles. The topological polar surface area (TPSA) is 32.3 Å². The number of hydrogen-bond acceptors (Lipinski definition) is 2. The Bertz CT molecular complexity index is 180. The Kier molecular flexibility index (Phi) is 3.72. The highest BCUT2D eigenvalue weighted by Crippen LogP contribution is 2.09. The van der Waals surface area contributed by atoms with E-state index >= 15 is 0 Å². The van der Waals surface area contributed by atoms with E-state index in [9.17, 15) is 4.79 Å². The third-order valence-electron chi connectivity index (χ3n) is 2.68. The minimum absolute atomic E-state index is 0.213. The lowest BCUT2D eigenvalue weighted by atomic mass is 10.2. The second kappa shape index (κ2) is 4.61. The molecule has 13 heavy (non-hydrogen) atoms. The molecule has 1 fully saturated rings. The third-order valence-corrected chi connectivity index (χ3v) is 2.68. The molecule has 0 aliphatic carbocycles. The Labute approximate surface area is 80.5 Å². The quantitative estimate of drug-likeness (QED) is 0.707. The van der Waals surface area contributed by atoms with Gasteiger partial charge >= 0.3 is 0 Å². The lowest BCUT2D eigenvalue weighted by Crippen LogP contribution is -2.41. The number of rotatable bonds is 4. The van der Waals surface area contributed by atoms with Crippen LogP contribution in [0.25, 0.3) is 0 Å². The standard InChI is InChI=1S/C10H20N2O/c1-4-12(8(2)3)7-9-5-6-10(13)11-9/h8-9H,4-7H2,1-3H3,(H,11,13)/t9-/m1/s1. The molecule has 1 amide bonds. The molecule has 76 valence electrons. The highest BCUT2D eigenvalue weighted by Gasteiger charge is 2.23. The maximum absolute atomic E-state index is 11.0. The molecule has 1 atom stereocenters. The van der Waals surface area contributed by atoms with Gasteiger partial charge in [-0.1, -0.05) is 6.92 Å². The van der Waals surface area contributed by atoms with E-state index in [4.69, 9.17) is 0 Å². The van der Waals surface area contributed by atoms with Gasteiger partial charge in [-0.15, -0.1) is 0 Å². The van der Waals surface area contributed by atoms with Crippen LogP contribution in [0, 0.1) is 0 Å². The molecular formula is C10H20N2O. The fraction of sp³-hybridized carbons (Fsp3) is 0.900. The Morgan fingerprint density at radius 3 is 2.69 bits per heavy atom. The highest BCUT2D eigenvalue weighted by atomic mass is 16.1. The predicted molar refractivity (Wildman–Crippen MR) is 53.5 cm³/mol. The molecule has 1 aliphatic rings. The van der Waals surface area contributed by atoms with E-state index < -0.39 is 0 Å². The predicted octanol–water partition coefficient (Wildman–Crippen LogP) is 0.995. The van der Waals surface area contributed by atoms with Gasteiger partial charge in [-0.25, -0.2) is 0 Å². The van der Waals surface area contributed by atoms with Crippen molar-refractivity contribution in [3.63, 3.8) is 0 Å². The number of nitrogens with zero attached hydrogens (tertiary/aromatic N) is 1. The van der Waals surface area contributed by atoms with Crippen LogP contribution >= 0.6 is 0 Å². The lowest BCUT2D eigenvalue weighted by Gasteiger charge is -2.27. The summed E-state index contributed by atoms with van der Waals surface area (Å²) < 4.78 is 0. The number of hydrogen-bond donors (Lipinski definition) is 1. The first-order valence-electron chi connectivity index (χ1n) is 5.17. The summed E-state index contributed by atoms with van der Waals surface area (Å²) in [6, 6.07) is 0.956. The van der Waals surface area contributed by atoms with Crippen molar-refractivity contribution in [2.45, 2.75) is 45.7 Å². The Balaban J connectivity index is 2.34. The number of nitrogens with one attached hydrogen (secondary N) is 1. The summed E-state index contributed by atoms with van der Waals surface area (Å²) in [7, 11) is 0. The fourth-order valence-electron chi connectivity index (χ4n) is 1.80. The molecule has 0 unspecified atom stereocenters. The van der Waals surface area contributed by atoms with Gasteiger partial charge in [0.25, 0.3) is 0 Å². The van der Waals surface area contributed by atoms with Crippen LogP contribution in [0.4, 0.5) is 0 Å². The molecule has 3 heteroatoms. The zero-order valence-corrected chi connectivity index (χ0v) is 8.84. The van der Waals surface area contributed by atoms with Crippen molar-refractivity contribution in [3.8, 4) is 0 Å². The summed E-state index contributed by atoms with van der Waals surface area (Å²) in [6.07, 6.45) is 1.71. The van der Waals surface area contributed by atoms with Gasteiger partial charge in [0.05, 0.1) is 0 Å². The molecule has 0 bridgehead atoms. The van der Waals surface area contributed by atoms with E-state index in [-0.39, 0.29) is 5.91 Å². The van der Waals surface area contributed by atoms with Crippen molar-refractivity contribution < 1.29 is 4.79 Å². The molecule has 1 N–H and O–H groups in total. The van der Waals surface area contributed by atoms with Gasteiger partial charge in [-0.2, -0.15) is 0 Å². The second-order valence-corrected chi connectivity index (χ2v) is 3.98. The van der Waals surface area contributed by atoms with E-state index in [1.807, 2.05) is 0 Å². The normalized spacial score (nSPS) is 22.8. The van der Waals surface area contributed by atoms with Gasteiger partial charge in [-0.05, 0) is 26.8 Å². The van der Waals surface area contributed by atoms with Crippen molar-refractivity contribution in [1.82, 2.24) is 10.2 Å². The maximum Gasteiger partial charge on any atom is 0.220 e. The summed E-state index contributed by atoms with van der Waals surface area (Å²) in [6.45, 7) is 8.61. The highest BCUT2D eigenvalue weighted by molar-refractivity contribution is 5.78. The van der Waals surface area contributed by atoms with E-state index in [0.717, 1.165) is 19.5 Å². The Hall–Kier alpha value is -0.570. The molecule has 1 aliphatic heterocycles. The van der Waals surface area contributed by atoms with Crippen molar-refractivity contribution in [3.05, 3.63) is 0 Å². The van der Waals surface area contributed by atoms with Gasteiger partial charge in [-0.3, -0.25) is 9.69 Å². The zero-order valence-electron chi connectivity index (χ0n) is 8.84. The molecule has 0 aromatic heterocycles. The van der Waals surface area contributed by atoms with Crippen LogP contribution in [0.1, 0.15) is 33.6 Å². The molecule has 3 nitrogen and oxygen atoms in total. The van der Waals surface area contributed by atoms with E-state index in [0.29, 0.717) is 18.5 Å². The first-order chi connectivity index (χ1) is 6.13. The second-order valence-electron chi connectivity index (χ2n) is 3.98. The molecule has 0 radical (unpaired) electrons.